The van der Waals surface area contributed by atoms with Crippen molar-refractivity contribution < 1.29 is 0 Å². The monoisotopic (exact) mass is 236 g/mol. The molecule has 0 radical (unpaired) electrons. The van der Waals surface area contributed by atoms with Crippen LogP contribution < -0.4 is 11.1 Å². The summed E-state index contributed by atoms with van der Waals surface area (Å²) in [5, 5.41) is 3.31. The van der Waals surface area contributed by atoms with E-state index in [1.807, 2.05) is 0 Å². The van der Waals surface area contributed by atoms with E-state index in [1.54, 1.807) is 0 Å². The number of nitrogens with two attached hydrogens (primary N) is 1. The van der Waals surface area contributed by atoms with E-state index in [0.717, 1.165) is 26.2 Å². The Morgan fingerprint density at radius 1 is 1.35 bits per heavy atom. The van der Waals surface area contributed by atoms with Crippen molar-refractivity contribution in [3.63, 3.8) is 0 Å². The number of hydrogen-bond donors (Lipinski definition) is 2. The van der Waals surface area contributed by atoms with Gasteiger partial charge in [0.15, 0.2) is 5.96 Å². The Balaban J connectivity index is 1.63. The molecule has 0 saturated heterocycles. The fourth-order valence-corrected chi connectivity index (χ4v) is 2.53. The fraction of sp³-hybridized carbons (Fsp3) is 0.769. The molecule has 4 nitrogen and oxygen atoms in total. The Morgan fingerprint density at radius 2 is 2.18 bits per heavy atom. The quantitative estimate of drug-likeness (QED) is 0.436. The van der Waals surface area contributed by atoms with E-state index >= 15 is 0 Å². The Labute approximate surface area is 104 Å². The highest BCUT2D eigenvalue weighted by molar-refractivity contribution is 5.78. The molecule has 2 aliphatic rings. The first kappa shape index (κ1) is 12.4. The lowest BCUT2D eigenvalue weighted by Gasteiger charge is -2.22. The maximum atomic E-state index is 5.88. The molecule has 1 heterocycles. The molecule has 1 saturated carbocycles. The van der Waals surface area contributed by atoms with Crippen molar-refractivity contribution >= 4 is 5.96 Å². The lowest BCUT2D eigenvalue weighted by Crippen LogP contribution is -2.39. The van der Waals surface area contributed by atoms with Gasteiger partial charge in [-0.2, -0.15) is 0 Å². The highest BCUT2D eigenvalue weighted by Gasteiger charge is 2.14. The molecule has 96 valence electrons. The van der Waals surface area contributed by atoms with E-state index in [4.69, 9.17) is 5.73 Å². The summed E-state index contributed by atoms with van der Waals surface area (Å²) in [6.07, 6.45) is 10.8. The second-order valence-corrected chi connectivity index (χ2v) is 4.95. The third kappa shape index (κ3) is 4.38. The third-order valence-electron chi connectivity index (χ3n) is 3.55. The van der Waals surface area contributed by atoms with Gasteiger partial charge in [-0.25, -0.2) is 0 Å². The van der Waals surface area contributed by atoms with E-state index in [-0.39, 0.29) is 0 Å². The van der Waals surface area contributed by atoms with Gasteiger partial charge in [0.25, 0.3) is 0 Å². The smallest absolute Gasteiger partial charge is 0.188 e. The highest BCUT2D eigenvalue weighted by Crippen LogP contribution is 2.17. The second-order valence-electron chi connectivity index (χ2n) is 4.95. The first-order valence-corrected chi connectivity index (χ1v) is 6.78. The first-order chi connectivity index (χ1) is 8.34. The number of rotatable bonds is 4. The summed E-state index contributed by atoms with van der Waals surface area (Å²) in [7, 11) is 0. The van der Waals surface area contributed by atoms with Crippen LogP contribution in [0.3, 0.4) is 0 Å². The number of guanidine groups is 1. The molecule has 0 spiro atoms. The molecule has 0 aromatic carbocycles. The molecule has 2 rings (SSSR count). The van der Waals surface area contributed by atoms with Gasteiger partial charge in [-0.1, -0.05) is 25.0 Å². The lowest BCUT2D eigenvalue weighted by atomic mass is 10.2. The second kappa shape index (κ2) is 6.64. The average molecular weight is 236 g/mol. The summed E-state index contributed by atoms with van der Waals surface area (Å²) in [5.41, 5.74) is 5.88. The van der Waals surface area contributed by atoms with Crippen molar-refractivity contribution in [1.82, 2.24) is 10.2 Å². The number of nitrogens with zero attached hydrogens (tertiary/aromatic N) is 2. The van der Waals surface area contributed by atoms with Crippen LogP contribution in [0.5, 0.6) is 0 Å². The van der Waals surface area contributed by atoms with Gasteiger partial charge in [0.1, 0.15) is 0 Å². The average Bonchev–Trinajstić information content (AvgIpc) is 2.83. The van der Waals surface area contributed by atoms with Crippen LogP contribution in [0.4, 0.5) is 0 Å². The van der Waals surface area contributed by atoms with Gasteiger partial charge >= 0.3 is 0 Å². The minimum absolute atomic E-state index is 0.566. The molecule has 17 heavy (non-hydrogen) atoms. The van der Waals surface area contributed by atoms with Crippen LogP contribution in [-0.2, 0) is 0 Å². The summed E-state index contributed by atoms with van der Waals surface area (Å²) < 4.78 is 0. The van der Waals surface area contributed by atoms with Crippen molar-refractivity contribution in [3.05, 3.63) is 12.2 Å². The van der Waals surface area contributed by atoms with Crippen molar-refractivity contribution in [1.29, 1.82) is 0 Å². The summed E-state index contributed by atoms with van der Waals surface area (Å²) >= 11 is 0. The van der Waals surface area contributed by atoms with Crippen molar-refractivity contribution in [2.24, 2.45) is 10.7 Å². The largest absolute Gasteiger partial charge is 0.370 e. The van der Waals surface area contributed by atoms with Crippen molar-refractivity contribution in [2.75, 3.05) is 26.2 Å². The predicted octanol–water partition coefficient (Wildman–Crippen LogP) is 1.10. The number of hydrogen-bond acceptors (Lipinski definition) is 2. The highest BCUT2D eigenvalue weighted by atomic mass is 15.2. The maximum Gasteiger partial charge on any atom is 0.188 e. The summed E-state index contributed by atoms with van der Waals surface area (Å²) in [4.78, 5) is 6.81. The van der Waals surface area contributed by atoms with E-state index in [0.29, 0.717) is 12.0 Å². The first-order valence-electron chi connectivity index (χ1n) is 6.78. The molecule has 0 amide bonds. The van der Waals surface area contributed by atoms with Gasteiger partial charge in [0, 0.05) is 25.7 Å². The number of nitrogens with one attached hydrogen (secondary N) is 1. The van der Waals surface area contributed by atoms with Gasteiger partial charge in [-0.15, -0.1) is 0 Å². The maximum absolute atomic E-state index is 5.88. The van der Waals surface area contributed by atoms with Gasteiger partial charge in [0.05, 0.1) is 6.54 Å². The zero-order valence-electron chi connectivity index (χ0n) is 10.6. The molecule has 1 aliphatic heterocycles. The molecule has 1 fully saturated rings. The van der Waals surface area contributed by atoms with Gasteiger partial charge in [-0.3, -0.25) is 9.89 Å². The molecule has 0 bridgehead atoms. The lowest BCUT2D eigenvalue weighted by molar-refractivity contribution is 0.307. The summed E-state index contributed by atoms with van der Waals surface area (Å²) in [5.74, 6) is 0.629. The molecule has 0 aromatic heterocycles. The van der Waals surface area contributed by atoms with Crippen LogP contribution in [-0.4, -0.2) is 43.1 Å². The Hall–Kier alpha value is -1.03. The van der Waals surface area contributed by atoms with Crippen molar-refractivity contribution in [3.8, 4) is 0 Å². The minimum atomic E-state index is 0.566. The molecule has 0 atom stereocenters. The Bertz CT molecular complexity index is 279. The van der Waals surface area contributed by atoms with Gasteiger partial charge in [0.2, 0.25) is 0 Å². The number of aliphatic imine (C=N–C) groups is 1. The zero-order valence-corrected chi connectivity index (χ0v) is 10.6. The Kier molecular flexibility index (Phi) is 4.86. The normalized spacial score (nSPS) is 23.2. The van der Waals surface area contributed by atoms with Crippen LogP contribution in [0.25, 0.3) is 0 Å². The molecule has 4 heteroatoms. The summed E-state index contributed by atoms with van der Waals surface area (Å²) in [6.45, 7) is 4.03. The van der Waals surface area contributed by atoms with Gasteiger partial charge in [-0.05, 0) is 19.3 Å². The SMILES string of the molecule is NC(=NCCN1CC=CCC1)NC1CCCC1. The van der Waals surface area contributed by atoms with E-state index in [9.17, 15) is 0 Å². The fourth-order valence-electron chi connectivity index (χ4n) is 2.53. The van der Waals surface area contributed by atoms with E-state index in [1.165, 1.54) is 32.1 Å². The summed E-state index contributed by atoms with van der Waals surface area (Å²) in [6, 6.07) is 0.566. The zero-order chi connectivity index (χ0) is 11.9. The molecular weight excluding hydrogens is 212 g/mol. The van der Waals surface area contributed by atoms with Crippen LogP contribution >= 0.6 is 0 Å². The Morgan fingerprint density at radius 3 is 2.88 bits per heavy atom. The predicted molar refractivity (Wildman–Crippen MR) is 72.1 cm³/mol. The topological polar surface area (TPSA) is 53.6 Å². The van der Waals surface area contributed by atoms with Crippen LogP contribution in [0.15, 0.2) is 17.1 Å². The van der Waals surface area contributed by atoms with E-state index in [2.05, 4.69) is 27.4 Å². The molecule has 0 unspecified atom stereocenters. The molecule has 3 N–H and O–H groups in total. The molecular formula is C13H24N4. The van der Waals surface area contributed by atoms with Gasteiger partial charge < -0.3 is 11.1 Å². The third-order valence-corrected chi connectivity index (χ3v) is 3.55. The standard InChI is InChI=1S/C13H24N4/c14-13(16-12-6-2-3-7-12)15-8-11-17-9-4-1-5-10-17/h1,4,12H,2-3,5-11H2,(H3,14,15,16). The van der Waals surface area contributed by atoms with Crippen LogP contribution in [0.2, 0.25) is 0 Å². The van der Waals surface area contributed by atoms with Crippen LogP contribution in [0, 0.1) is 0 Å². The molecule has 0 aromatic rings. The van der Waals surface area contributed by atoms with Crippen molar-refractivity contribution in [2.45, 2.75) is 38.1 Å². The minimum Gasteiger partial charge on any atom is -0.370 e. The van der Waals surface area contributed by atoms with Crippen LogP contribution in [0.1, 0.15) is 32.1 Å². The molecule has 1 aliphatic carbocycles. The van der Waals surface area contributed by atoms with E-state index < -0.39 is 0 Å².